The fraction of sp³-hybridized carbons (Fsp3) is 0.321. The first-order valence-corrected chi connectivity index (χ1v) is 12.8. The zero-order valence-corrected chi connectivity index (χ0v) is 22.9. The molecule has 0 aliphatic rings. The summed E-state index contributed by atoms with van der Waals surface area (Å²) >= 11 is 5.94. The summed E-state index contributed by atoms with van der Waals surface area (Å²) in [7, 11) is 1.47. The van der Waals surface area contributed by atoms with Crippen LogP contribution in [0.15, 0.2) is 64.2 Å². The molecule has 1 atom stereocenters. The first-order chi connectivity index (χ1) is 18.9. The van der Waals surface area contributed by atoms with Gasteiger partial charge in [-0.05, 0) is 43.2 Å². The van der Waals surface area contributed by atoms with Gasteiger partial charge >= 0.3 is 12.1 Å². The van der Waals surface area contributed by atoms with E-state index in [1.807, 2.05) is 0 Å². The maximum Gasteiger partial charge on any atom is 0.573 e. The van der Waals surface area contributed by atoms with Gasteiger partial charge in [-0.3, -0.25) is 18.7 Å². The number of alkyl halides is 3. The van der Waals surface area contributed by atoms with E-state index in [2.05, 4.69) is 10.1 Å². The number of hydrogen-bond donors (Lipinski definition) is 1. The van der Waals surface area contributed by atoms with Crippen molar-refractivity contribution in [1.82, 2.24) is 9.13 Å². The summed E-state index contributed by atoms with van der Waals surface area (Å²) in [5.74, 6) is -0.299. The van der Waals surface area contributed by atoms with Gasteiger partial charge in [-0.15, -0.1) is 13.2 Å². The minimum absolute atomic E-state index is 0.0360. The van der Waals surface area contributed by atoms with Crippen molar-refractivity contribution >= 4 is 29.3 Å². The zero-order chi connectivity index (χ0) is 29.4. The fourth-order valence-electron chi connectivity index (χ4n) is 3.87. The highest BCUT2D eigenvalue weighted by molar-refractivity contribution is 6.30. The van der Waals surface area contributed by atoms with Crippen molar-refractivity contribution in [2.45, 2.75) is 52.2 Å². The molecular formula is C28H29ClF3N3O5. The molecule has 40 heavy (non-hydrogen) atoms. The third-order valence-electron chi connectivity index (χ3n) is 5.85. The van der Waals surface area contributed by atoms with Crippen LogP contribution in [-0.2, 0) is 24.8 Å². The lowest BCUT2D eigenvalue weighted by Crippen LogP contribution is -2.43. The van der Waals surface area contributed by atoms with E-state index in [1.165, 1.54) is 23.7 Å². The number of hydrogen-bond acceptors (Lipinski definition) is 6. The topological polar surface area (TPSA) is 91.6 Å². The minimum Gasteiger partial charge on any atom is -0.471 e. The summed E-state index contributed by atoms with van der Waals surface area (Å²) in [6.45, 7) is 3.21. The van der Waals surface area contributed by atoms with E-state index in [9.17, 15) is 27.6 Å². The molecule has 0 fully saturated rings. The van der Waals surface area contributed by atoms with E-state index < -0.39 is 29.6 Å². The normalized spacial score (nSPS) is 12.4. The third kappa shape index (κ3) is 8.51. The van der Waals surface area contributed by atoms with E-state index in [1.54, 1.807) is 50.3 Å². The van der Waals surface area contributed by atoms with Gasteiger partial charge in [0, 0.05) is 37.5 Å². The minimum atomic E-state index is -4.86. The molecule has 1 N–H and O–H groups in total. The number of ether oxygens (including phenoxy) is 2. The number of nitrogens with zero attached hydrogens (tertiary/aromatic N) is 2. The molecule has 0 spiro atoms. The van der Waals surface area contributed by atoms with E-state index in [-0.39, 0.29) is 48.7 Å². The number of Topliss-reactive ketones (excluding diaryl/α,β-unsaturated/α-hetero) is 1. The van der Waals surface area contributed by atoms with E-state index >= 15 is 0 Å². The smallest absolute Gasteiger partial charge is 0.471 e. The summed E-state index contributed by atoms with van der Waals surface area (Å²) in [6.07, 6.45) is -1.74. The number of carbonyl (C=O) groups is 1. The van der Waals surface area contributed by atoms with Crippen LogP contribution >= 0.6 is 11.6 Å². The molecule has 0 bridgehead atoms. The molecule has 0 aliphatic heterocycles. The van der Waals surface area contributed by atoms with Crippen LogP contribution in [0.4, 0.5) is 19.0 Å². The van der Waals surface area contributed by atoms with Crippen molar-refractivity contribution in [2.75, 3.05) is 5.32 Å². The molecule has 3 aromatic rings. The number of anilines is 1. The second-order valence-electron chi connectivity index (χ2n) is 8.85. The standard InChI is InChI=1S/C28H29ClF3N3O5/c1-4-21(36)15-16-35-26(37)24(10-5-7-19-11-13-20(29)14-12-19)25(34(3)27(35)38)33-18(2)39-22-8-6-9-23(17-22)40-28(30,31)32/h5-9,11-14,17-18,33H,4,10,15-16H2,1-3H3. The molecule has 0 saturated carbocycles. The lowest BCUT2D eigenvalue weighted by molar-refractivity contribution is -0.274. The van der Waals surface area contributed by atoms with Crippen LogP contribution in [0.5, 0.6) is 11.5 Å². The van der Waals surface area contributed by atoms with Crippen LogP contribution in [0, 0.1) is 0 Å². The number of benzene rings is 2. The lowest BCUT2D eigenvalue weighted by Gasteiger charge is -2.22. The fourth-order valence-corrected chi connectivity index (χ4v) is 3.99. The number of rotatable bonds is 12. The Labute approximate surface area is 233 Å². The van der Waals surface area contributed by atoms with Crippen molar-refractivity contribution in [1.29, 1.82) is 0 Å². The Morgan fingerprint density at radius 2 is 1.80 bits per heavy atom. The second-order valence-corrected chi connectivity index (χ2v) is 9.29. The Morgan fingerprint density at radius 3 is 2.45 bits per heavy atom. The molecule has 1 unspecified atom stereocenters. The molecule has 214 valence electrons. The van der Waals surface area contributed by atoms with Crippen LogP contribution in [-0.4, -0.2) is 27.5 Å². The first kappa shape index (κ1) is 30.6. The average Bonchev–Trinajstić information content (AvgIpc) is 2.89. The predicted molar refractivity (Wildman–Crippen MR) is 147 cm³/mol. The first-order valence-electron chi connectivity index (χ1n) is 12.4. The van der Waals surface area contributed by atoms with Gasteiger partial charge in [-0.25, -0.2) is 4.79 Å². The number of ketones is 1. The van der Waals surface area contributed by atoms with Crippen molar-refractivity contribution in [3.63, 3.8) is 0 Å². The predicted octanol–water partition coefficient (Wildman–Crippen LogP) is 5.56. The van der Waals surface area contributed by atoms with E-state index in [4.69, 9.17) is 16.3 Å². The number of allylic oxidation sites excluding steroid dienone is 1. The Kier molecular flexibility index (Phi) is 10.2. The highest BCUT2D eigenvalue weighted by Gasteiger charge is 2.31. The number of nitrogens with one attached hydrogen (secondary N) is 1. The molecule has 0 saturated heterocycles. The van der Waals surface area contributed by atoms with Crippen LogP contribution in [0.25, 0.3) is 6.08 Å². The highest BCUT2D eigenvalue weighted by Crippen LogP contribution is 2.27. The Bertz CT molecular complexity index is 1480. The van der Waals surface area contributed by atoms with Crippen molar-refractivity contribution in [2.24, 2.45) is 7.05 Å². The summed E-state index contributed by atoms with van der Waals surface area (Å²) in [5, 5.41) is 3.56. The zero-order valence-electron chi connectivity index (χ0n) is 22.1. The number of halogens is 4. The molecule has 3 rings (SSSR count). The van der Waals surface area contributed by atoms with E-state index in [0.717, 1.165) is 22.3 Å². The molecule has 1 aromatic heterocycles. The molecule has 12 heteroatoms. The maximum absolute atomic E-state index is 13.5. The van der Waals surface area contributed by atoms with Gasteiger partial charge in [0.25, 0.3) is 5.56 Å². The largest absolute Gasteiger partial charge is 0.573 e. The van der Waals surface area contributed by atoms with Crippen LogP contribution < -0.4 is 26.0 Å². The summed E-state index contributed by atoms with van der Waals surface area (Å²) in [4.78, 5) is 38.4. The molecule has 0 radical (unpaired) electrons. The van der Waals surface area contributed by atoms with Gasteiger partial charge in [-0.1, -0.05) is 48.9 Å². The quantitative estimate of drug-likeness (QED) is 0.283. The van der Waals surface area contributed by atoms with E-state index in [0.29, 0.717) is 5.02 Å². The summed E-state index contributed by atoms with van der Waals surface area (Å²) in [5.41, 5.74) is -0.117. The highest BCUT2D eigenvalue weighted by atomic mass is 35.5. The molecule has 2 aromatic carbocycles. The Balaban J connectivity index is 1.93. The van der Waals surface area contributed by atoms with Gasteiger partial charge in [-0.2, -0.15) is 0 Å². The SMILES string of the molecule is CCC(=O)CCn1c(=O)c(CC=Cc2ccc(Cl)cc2)c(NC(C)Oc2cccc(OC(F)(F)F)c2)n(C)c1=O. The van der Waals surface area contributed by atoms with Crippen LogP contribution in [0.1, 0.15) is 37.8 Å². The summed E-state index contributed by atoms with van der Waals surface area (Å²) in [6, 6.07) is 12.1. The average molecular weight is 580 g/mol. The number of carbonyl (C=O) groups excluding carboxylic acids is 1. The van der Waals surface area contributed by atoms with Gasteiger partial charge < -0.3 is 14.8 Å². The van der Waals surface area contributed by atoms with Crippen molar-refractivity contribution in [3.8, 4) is 11.5 Å². The third-order valence-corrected chi connectivity index (χ3v) is 6.10. The molecule has 1 heterocycles. The van der Waals surface area contributed by atoms with Crippen LogP contribution in [0.2, 0.25) is 5.02 Å². The Morgan fingerprint density at radius 1 is 1.12 bits per heavy atom. The molecule has 0 aliphatic carbocycles. The van der Waals surface area contributed by atoms with Crippen molar-refractivity contribution < 1.29 is 27.4 Å². The molecule has 0 amide bonds. The Hall–Kier alpha value is -3.99. The van der Waals surface area contributed by atoms with Gasteiger partial charge in [0.15, 0.2) is 6.23 Å². The van der Waals surface area contributed by atoms with Gasteiger partial charge in [0.05, 0.1) is 5.56 Å². The molecule has 8 nitrogen and oxygen atoms in total. The maximum atomic E-state index is 13.5. The van der Waals surface area contributed by atoms with Gasteiger partial charge in [0.2, 0.25) is 0 Å². The van der Waals surface area contributed by atoms with Gasteiger partial charge in [0.1, 0.15) is 23.1 Å². The van der Waals surface area contributed by atoms with Crippen molar-refractivity contribution in [3.05, 3.63) is 91.6 Å². The van der Waals surface area contributed by atoms with Crippen LogP contribution in [0.3, 0.4) is 0 Å². The molecular weight excluding hydrogens is 551 g/mol. The number of aromatic nitrogens is 2. The monoisotopic (exact) mass is 579 g/mol. The lowest BCUT2D eigenvalue weighted by atomic mass is 10.1. The summed E-state index contributed by atoms with van der Waals surface area (Å²) < 4.78 is 49.7. The second kappa shape index (κ2) is 13.4.